The van der Waals surface area contributed by atoms with Crippen LogP contribution in [0.4, 0.5) is 28.9 Å². The molecule has 0 amide bonds. The maximum Gasteiger partial charge on any atom is 0.393 e. The predicted molar refractivity (Wildman–Crippen MR) is 69.5 cm³/mol. The highest BCUT2D eigenvalue weighted by atomic mass is 79.9. The number of alkyl halides is 3. The van der Waals surface area contributed by atoms with Gasteiger partial charge in [-0.05, 0) is 34.8 Å². The lowest BCUT2D eigenvalue weighted by Gasteiger charge is -2.36. The van der Waals surface area contributed by atoms with Crippen LogP contribution in [0.2, 0.25) is 0 Å². The molecule has 1 aromatic rings. The molecule has 2 nitrogen and oxygen atoms in total. The monoisotopic (exact) mass is 340 g/mol. The third kappa shape index (κ3) is 3.13. The molecule has 1 aliphatic rings. The molecule has 0 saturated carbocycles. The second kappa shape index (κ2) is 5.19. The lowest BCUT2D eigenvalue weighted by atomic mass is 9.97. The number of benzene rings is 1. The van der Waals surface area contributed by atoms with Gasteiger partial charge in [-0.15, -0.1) is 0 Å². The summed E-state index contributed by atoms with van der Waals surface area (Å²) in [6.45, 7) is 0.362. The van der Waals surface area contributed by atoms with E-state index >= 15 is 0 Å². The second-order valence-electron chi connectivity index (χ2n) is 4.65. The van der Waals surface area contributed by atoms with Crippen LogP contribution in [0.5, 0.6) is 0 Å². The fourth-order valence-electron chi connectivity index (χ4n) is 2.29. The van der Waals surface area contributed by atoms with Crippen molar-refractivity contribution >= 4 is 27.3 Å². The van der Waals surface area contributed by atoms with Crippen molar-refractivity contribution in [2.24, 2.45) is 5.92 Å². The molecule has 1 unspecified atom stereocenters. The molecule has 1 atom stereocenters. The zero-order valence-corrected chi connectivity index (χ0v) is 11.6. The van der Waals surface area contributed by atoms with E-state index in [2.05, 4.69) is 15.9 Å². The maximum atomic E-state index is 13.3. The Labute approximate surface area is 116 Å². The smallest absolute Gasteiger partial charge is 0.393 e. The standard InChI is InChI=1S/C12H13BrF4N2/c13-8-4-11(10(18)5-9(8)14)19-3-1-2-7(6-19)12(15,16)17/h4-5,7H,1-3,6,18H2. The molecule has 0 aliphatic carbocycles. The number of anilines is 2. The molecule has 2 N–H and O–H groups in total. The Balaban J connectivity index is 2.25. The van der Waals surface area contributed by atoms with Crippen molar-refractivity contribution < 1.29 is 17.6 Å². The number of piperidine rings is 1. The number of rotatable bonds is 1. The summed E-state index contributed by atoms with van der Waals surface area (Å²) >= 11 is 3.02. The van der Waals surface area contributed by atoms with Crippen LogP contribution in [0.1, 0.15) is 12.8 Å². The van der Waals surface area contributed by atoms with Crippen molar-refractivity contribution in [2.45, 2.75) is 19.0 Å². The van der Waals surface area contributed by atoms with Crippen molar-refractivity contribution in [1.82, 2.24) is 0 Å². The first-order valence-corrected chi connectivity index (χ1v) is 6.64. The van der Waals surface area contributed by atoms with Gasteiger partial charge >= 0.3 is 6.18 Å². The summed E-state index contributed by atoms with van der Waals surface area (Å²) in [5, 5.41) is 0. The third-order valence-corrected chi connectivity index (χ3v) is 3.90. The summed E-state index contributed by atoms with van der Waals surface area (Å²) in [5.41, 5.74) is 6.29. The zero-order chi connectivity index (χ0) is 14.2. The molecule has 1 heterocycles. The lowest BCUT2D eigenvalue weighted by Crippen LogP contribution is -2.42. The van der Waals surface area contributed by atoms with Crippen LogP contribution in [0.25, 0.3) is 0 Å². The molecule has 0 spiro atoms. The van der Waals surface area contributed by atoms with Gasteiger partial charge in [-0.1, -0.05) is 0 Å². The topological polar surface area (TPSA) is 29.3 Å². The van der Waals surface area contributed by atoms with Crippen LogP contribution in [0.3, 0.4) is 0 Å². The number of nitrogen functional groups attached to an aromatic ring is 1. The molecule has 2 rings (SSSR count). The van der Waals surface area contributed by atoms with Gasteiger partial charge in [-0.25, -0.2) is 4.39 Å². The Kier molecular flexibility index (Phi) is 3.94. The Bertz CT molecular complexity index is 476. The molecular weight excluding hydrogens is 328 g/mol. The highest BCUT2D eigenvalue weighted by Gasteiger charge is 2.42. The van der Waals surface area contributed by atoms with E-state index in [1.54, 1.807) is 4.90 Å². The highest BCUT2D eigenvalue weighted by Crippen LogP contribution is 2.37. The average Bonchev–Trinajstić information content (AvgIpc) is 2.33. The van der Waals surface area contributed by atoms with Crippen molar-refractivity contribution in [3.63, 3.8) is 0 Å². The van der Waals surface area contributed by atoms with Crippen LogP contribution >= 0.6 is 15.9 Å². The molecule has 1 fully saturated rings. The first-order valence-electron chi connectivity index (χ1n) is 5.85. The van der Waals surface area contributed by atoms with E-state index in [1.165, 1.54) is 6.07 Å². The van der Waals surface area contributed by atoms with Crippen LogP contribution in [0.15, 0.2) is 16.6 Å². The molecule has 1 saturated heterocycles. The summed E-state index contributed by atoms with van der Waals surface area (Å²) in [5.74, 6) is -1.88. The van der Waals surface area contributed by atoms with E-state index in [0.717, 1.165) is 6.07 Å². The average molecular weight is 341 g/mol. The molecule has 19 heavy (non-hydrogen) atoms. The highest BCUT2D eigenvalue weighted by molar-refractivity contribution is 9.10. The number of hydrogen-bond donors (Lipinski definition) is 1. The molecule has 0 radical (unpaired) electrons. The normalized spacial score (nSPS) is 20.7. The first kappa shape index (κ1) is 14.4. The van der Waals surface area contributed by atoms with E-state index in [9.17, 15) is 17.6 Å². The van der Waals surface area contributed by atoms with Gasteiger partial charge in [0.2, 0.25) is 0 Å². The predicted octanol–water partition coefficient (Wildman–Crippen LogP) is 3.95. The Hall–Kier alpha value is -0.980. The van der Waals surface area contributed by atoms with Gasteiger partial charge in [-0.3, -0.25) is 0 Å². The molecule has 7 heteroatoms. The van der Waals surface area contributed by atoms with E-state index in [-0.39, 0.29) is 23.1 Å². The summed E-state index contributed by atoms with van der Waals surface area (Å²) < 4.78 is 51.7. The minimum atomic E-state index is -4.20. The van der Waals surface area contributed by atoms with E-state index in [1.807, 2.05) is 0 Å². The van der Waals surface area contributed by atoms with Crippen molar-refractivity contribution in [3.8, 4) is 0 Å². The Morgan fingerprint density at radius 1 is 1.32 bits per heavy atom. The largest absolute Gasteiger partial charge is 0.397 e. The third-order valence-electron chi connectivity index (χ3n) is 3.29. The van der Waals surface area contributed by atoms with Gasteiger partial charge in [0.25, 0.3) is 0 Å². The maximum absolute atomic E-state index is 13.3. The SMILES string of the molecule is Nc1cc(F)c(Br)cc1N1CCCC(C(F)(F)F)C1. The minimum absolute atomic E-state index is 0.127. The Morgan fingerprint density at radius 3 is 2.63 bits per heavy atom. The first-order chi connectivity index (χ1) is 8.79. The van der Waals surface area contributed by atoms with Gasteiger partial charge in [0, 0.05) is 19.2 Å². The molecule has 0 aromatic heterocycles. The number of halogens is 5. The number of nitrogens with zero attached hydrogens (tertiary/aromatic N) is 1. The van der Waals surface area contributed by atoms with E-state index < -0.39 is 17.9 Å². The van der Waals surface area contributed by atoms with Crippen molar-refractivity contribution in [3.05, 3.63) is 22.4 Å². The summed E-state index contributed by atoms with van der Waals surface area (Å²) in [4.78, 5) is 1.57. The van der Waals surface area contributed by atoms with Gasteiger partial charge < -0.3 is 10.6 Å². The molecule has 1 aromatic carbocycles. The fraction of sp³-hybridized carbons (Fsp3) is 0.500. The van der Waals surface area contributed by atoms with E-state index in [0.29, 0.717) is 18.7 Å². The van der Waals surface area contributed by atoms with Gasteiger partial charge in [0.15, 0.2) is 0 Å². The second-order valence-corrected chi connectivity index (χ2v) is 5.51. The van der Waals surface area contributed by atoms with Crippen molar-refractivity contribution in [2.75, 3.05) is 23.7 Å². The van der Waals surface area contributed by atoms with Crippen LogP contribution < -0.4 is 10.6 Å². The van der Waals surface area contributed by atoms with E-state index in [4.69, 9.17) is 5.73 Å². The molecule has 1 aliphatic heterocycles. The summed E-state index contributed by atoms with van der Waals surface area (Å²) in [6.07, 6.45) is -3.63. The molecule has 0 bridgehead atoms. The summed E-state index contributed by atoms with van der Waals surface area (Å²) in [6, 6.07) is 2.56. The number of hydrogen-bond acceptors (Lipinski definition) is 2. The summed E-state index contributed by atoms with van der Waals surface area (Å²) in [7, 11) is 0. The van der Waals surface area contributed by atoms with Gasteiger partial charge in [0.1, 0.15) is 5.82 Å². The molecular formula is C12H13BrF4N2. The lowest BCUT2D eigenvalue weighted by molar-refractivity contribution is -0.175. The Morgan fingerprint density at radius 2 is 2.00 bits per heavy atom. The van der Waals surface area contributed by atoms with Gasteiger partial charge in [0.05, 0.1) is 21.8 Å². The fourth-order valence-corrected chi connectivity index (χ4v) is 2.62. The quantitative estimate of drug-likeness (QED) is 0.619. The number of nitrogens with two attached hydrogens (primary N) is 1. The van der Waals surface area contributed by atoms with Gasteiger partial charge in [-0.2, -0.15) is 13.2 Å². The van der Waals surface area contributed by atoms with Crippen LogP contribution in [-0.4, -0.2) is 19.3 Å². The van der Waals surface area contributed by atoms with Crippen LogP contribution in [0, 0.1) is 11.7 Å². The zero-order valence-electron chi connectivity index (χ0n) is 9.97. The van der Waals surface area contributed by atoms with Crippen LogP contribution in [-0.2, 0) is 0 Å². The van der Waals surface area contributed by atoms with Crippen molar-refractivity contribution in [1.29, 1.82) is 0 Å². The molecule has 106 valence electrons. The minimum Gasteiger partial charge on any atom is -0.397 e.